The lowest BCUT2D eigenvalue weighted by atomic mass is 10.1. The number of non-ortho nitro benzene ring substituents is 1. The molecule has 21 heavy (non-hydrogen) atoms. The van der Waals surface area contributed by atoms with E-state index in [4.69, 9.17) is 23.2 Å². The Morgan fingerprint density at radius 1 is 1.14 bits per heavy atom. The Bertz CT molecular complexity index is 712. The second-order valence-electron chi connectivity index (χ2n) is 4.37. The van der Waals surface area contributed by atoms with E-state index in [0.29, 0.717) is 26.9 Å². The summed E-state index contributed by atoms with van der Waals surface area (Å²) in [5.41, 5.74) is 1.36. The van der Waals surface area contributed by atoms with Crippen molar-refractivity contribution in [3.05, 3.63) is 67.7 Å². The molecule has 0 saturated carbocycles. The monoisotopic (exact) mass is 324 g/mol. The maximum Gasteiger partial charge on any atom is 0.269 e. The first-order chi connectivity index (χ1) is 9.86. The fraction of sp³-hybridized carbons (Fsp3) is 0.0714. The molecule has 0 heterocycles. The quantitative estimate of drug-likeness (QED) is 0.669. The number of benzene rings is 2. The summed E-state index contributed by atoms with van der Waals surface area (Å²) in [5.74, 6) is -0.392. The molecule has 0 saturated heterocycles. The van der Waals surface area contributed by atoms with Crippen molar-refractivity contribution in [2.45, 2.75) is 6.92 Å². The summed E-state index contributed by atoms with van der Waals surface area (Å²) in [6, 6.07) is 8.70. The smallest absolute Gasteiger partial charge is 0.269 e. The average molecular weight is 325 g/mol. The minimum atomic E-state index is -0.491. The molecule has 0 aromatic heterocycles. The van der Waals surface area contributed by atoms with Gasteiger partial charge in [-0.3, -0.25) is 14.9 Å². The van der Waals surface area contributed by atoms with E-state index < -0.39 is 10.8 Å². The van der Waals surface area contributed by atoms with Gasteiger partial charge in [-0.25, -0.2) is 0 Å². The van der Waals surface area contributed by atoms with Crippen molar-refractivity contribution in [3.8, 4) is 0 Å². The topological polar surface area (TPSA) is 72.2 Å². The Balaban J connectivity index is 2.25. The van der Waals surface area contributed by atoms with Crippen LogP contribution in [-0.2, 0) is 0 Å². The normalized spacial score (nSPS) is 10.2. The molecule has 0 aliphatic heterocycles. The highest BCUT2D eigenvalue weighted by molar-refractivity contribution is 6.35. The second-order valence-corrected chi connectivity index (χ2v) is 5.24. The van der Waals surface area contributed by atoms with Crippen LogP contribution in [-0.4, -0.2) is 10.8 Å². The molecule has 0 atom stereocenters. The van der Waals surface area contributed by atoms with Crippen LogP contribution >= 0.6 is 23.2 Å². The fourth-order valence-electron chi connectivity index (χ4n) is 1.78. The number of halogens is 2. The molecular weight excluding hydrogens is 315 g/mol. The zero-order valence-corrected chi connectivity index (χ0v) is 12.4. The Kier molecular flexibility index (Phi) is 4.45. The number of anilines is 1. The molecule has 2 rings (SSSR count). The first kappa shape index (κ1) is 15.3. The van der Waals surface area contributed by atoms with Crippen molar-refractivity contribution in [1.29, 1.82) is 0 Å². The minimum Gasteiger partial charge on any atom is -0.322 e. The average Bonchev–Trinajstić information content (AvgIpc) is 2.39. The lowest BCUT2D eigenvalue weighted by Crippen LogP contribution is -2.12. The second kappa shape index (κ2) is 6.11. The third kappa shape index (κ3) is 3.71. The van der Waals surface area contributed by atoms with Gasteiger partial charge in [0.25, 0.3) is 11.6 Å². The van der Waals surface area contributed by atoms with Gasteiger partial charge in [0.05, 0.1) is 4.92 Å². The van der Waals surface area contributed by atoms with E-state index in [-0.39, 0.29) is 5.69 Å². The Morgan fingerprint density at radius 2 is 1.76 bits per heavy atom. The van der Waals surface area contributed by atoms with Gasteiger partial charge in [-0.1, -0.05) is 23.2 Å². The number of nitrogens with zero attached hydrogens (tertiary/aromatic N) is 1. The van der Waals surface area contributed by atoms with Gasteiger partial charge in [0.2, 0.25) is 0 Å². The van der Waals surface area contributed by atoms with E-state index in [0.717, 1.165) is 0 Å². The van der Waals surface area contributed by atoms with Gasteiger partial charge in [-0.2, -0.15) is 0 Å². The van der Waals surface area contributed by atoms with Crippen molar-refractivity contribution in [3.63, 3.8) is 0 Å². The first-order valence-corrected chi connectivity index (χ1v) is 6.65. The SMILES string of the molecule is Cc1cc([N+](=O)[O-])ccc1NC(=O)c1cc(Cl)cc(Cl)c1. The molecule has 0 aliphatic rings. The third-order valence-electron chi connectivity index (χ3n) is 2.79. The molecule has 1 amide bonds. The Hall–Kier alpha value is -2.11. The predicted molar refractivity (Wildman–Crippen MR) is 82.2 cm³/mol. The summed E-state index contributed by atoms with van der Waals surface area (Å²) in [4.78, 5) is 22.3. The first-order valence-electron chi connectivity index (χ1n) is 5.89. The molecule has 0 bridgehead atoms. The number of nitro groups is 1. The molecule has 1 N–H and O–H groups in total. The van der Waals surface area contributed by atoms with Gasteiger partial charge < -0.3 is 5.32 Å². The third-order valence-corrected chi connectivity index (χ3v) is 3.23. The molecule has 5 nitrogen and oxygen atoms in total. The molecule has 108 valence electrons. The highest BCUT2D eigenvalue weighted by Crippen LogP contribution is 2.23. The van der Waals surface area contributed by atoms with Crippen molar-refractivity contribution in [1.82, 2.24) is 0 Å². The summed E-state index contributed by atoms with van der Waals surface area (Å²) in [6.45, 7) is 1.67. The van der Waals surface area contributed by atoms with Crippen LogP contribution in [0.4, 0.5) is 11.4 Å². The molecular formula is C14H10Cl2N2O3. The van der Waals surface area contributed by atoms with E-state index in [1.807, 2.05) is 0 Å². The van der Waals surface area contributed by atoms with Crippen LogP contribution in [0.25, 0.3) is 0 Å². The van der Waals surface area contributed by atoms with Gasteiger partial charge in [0, 0.05) is 33.4 Å². The number of hydrogen-bond donors (Lipinski definition) is 1. The van der Waals surface area contributed by atoms with Crippen LogP contribution in [0.15, 0.2) is 36.4 Å². The Labute approximate surface area is 130 Å². The van der Waals surface area contributed by atoms with Crippen LogP contribution in [0, 0.1) is 17.0 Å². The molecule has 0 spiro atoms. The van der Waals surface area contributed by atoms with Crippen molar-refractivity contribution < 1.29 is 9.72 Å². The maximum atomic E-state index is 12.1. The largest absolute Gasteiger partial charge is 0.322 e. The standard InChI is InChI=1S/C14H10Cl2N2O3/c1-8-4-12(18(20)21)2-3-13(8)17-14(19)9-5-10(15)7-11(16)6-9/h2-7H,1H3,(H,17,19). The number of carbonyl (C=O) groups excluding carboxylic acids is 1. The number of aryl methyl sites for hydroxylation is 1. The molecule has 0 fully saturated rings. The summed E-state index contributed by atoms with van der Waals surface area (Å²) in [5, 5.41) is 14.0. The van der Waals surface area contributed by atoms with E-state index in [9.17, 15) is 14.9 Å². The van der Waals surface area contributed by atoms with E-state index in [2.05, 4.69) is 5.32 Å². The maximum absolute atomic E-state index is 12.1. The van der Waals surface area contributed by atoms with E-state index >= 15 is 0 Å². The van der Waals surface area contributed by atoms with Crippen LogP contribution < -0.4 is 5.32 Å². The number of amides is 1. The summed E-state index contributed by atoms with van der Waals surface area (Å²) >= 11 is 11.7. The van der Waals surface area contributed by atoms with E-state index in [1.54, 1.807) is 6.92 Å². The zero-order chi connectivity index (χ0) is 15.6. The van der Waals surface area contributed by atoms with Gasteiger partial charge >= 0.3 is 0 Å². The van der Waals surface area contributed by atoms with Gasteiger partial charge in [0.15, 0.2) is 0 Å². The Morgan fingerprint density at radius 3 is 2.29 bits per heavy atom. The number of hydrogen-bond acceptors (Lipinski definition) is 3. The van der Waals surface area contributed by atoms with Gasteiger partial charge in [-0.05, 0) is 36.8 Å². The molecule has 0 unspecified atom stereocenters. The molecule has 7 heteroatoms. The minimum absolute atomic E-state index is 0.0312. The predicted octanol–water partition coefficient (Wildman–Crippen LogP) is 4.46. The highest BCUT2D eigenvalue weighted by atomic mass is 35.5. The number of nitro benzene ring substituents is 1. The zero-order valence-electron chi connectivity index (χ0n) is 10.9. The lowest BCUT2D eigenvalue weighted by Gasteiger charge is -2.09. The van der Waals surface area contributed by atoms with Crippen molar-refractivity contribution in [2.24, 2.45) is 0 Å². The number of nitrogens with one attached hydrogen (secondary N) is 1. The number of rotatable bonds is 3. The lowest BCUT2D eigenvalue weighted by molar-refractivity contribution is -0.384. The summed E-state index contributed by atoms with van der Waals surface area (Å²) in [6.07, 6.45) is 0. The molecule has 0 radical (unpaired) electrons. The van der Waals surface area contributed by atoms with Gasteiger partial charge in [-0.15, -0.1) is 0 Å². The van der Waals surface area contributed by atoms with Crippen LogP contribution in [0.2, 0.25) is 10.0 Å². The van der Waals surface area contributed by atoms with Crippen molar-refractivity contribution in [2.75, 3.05) is 5.32 Å². The van der Waals surface area contributed by atoms with Crippen LogP contribution in [0.5, 0.6) is 0 Å². The van der Waals surface area contributed by atoms with Crippen molar-refractivity contribution >= 4 is 40.5 Å². The summed E-state index contributed by atoms with van der Waals surface area (Å²) in [7, 11) is 0. The van der Waals surface area contributed by atoms with Crippen LogP contribution in [0.1, 0.15) is 15.9 Å². The molecule has 2 aromatic carbocycles. The van der Waals surface area contributed by atoms with Crippen LogP contribution in [0.3, 0.4) is 0 Å². The molecule has 2 aromatic rings. The summed E-state index contributed by atoms with van der Waals surface area (Å²) < 4.78 is 0. The fourth-order valence-corrected chi connectivity index (χ4v) is 2.31. The molecule has 0 aliphatic carbocycles. The number of carbonyl (C=O) groups is 1. The highest BCUT2D eigenvalue weighted by Gasteiger charge is 2.12. The van der Waals surface area contributed by atoms with E-state index in [1.165, 1.54) is 36.4 Å². The van der Waals surface area contributed by atoms with Gasteiger partial charge in [0.1, 0.15) is 0 Å².